The lowest BCUT2D eigenvalue weighted by molar-refractivity contribution is -0.109. The Morgan fingerprint density at radius 3 is 2.35 bits per heavy atom. The van der Waals surface area contributed by atoms with Gasteiger partial charge >= 0.3 is 5.97 Å². The van der Waals surface area contributed by atoms with Crippen molar-refractivity contribution in [2.45, 2.75) is 12.3 Å². The van der Waals surface area contributed by atoms with Crippen LogP contribution in [-0.2, 0) is 11.2 Å². The molecule has 1 N–H and O–H groups in total. The van der Waals surface area contributed by atoms with Crippen LogP contribution in [0.5, 0.6) is 11.5 Å². The molecular weight excluding hydrogens is 296 g/mol. The average molecular weight is 314 g/mol. The highest BCUT2D eigenvalue weighted by Crippen LogP contribution is 2.29. The molecule has 2 aromatic carbocycles. The first-order chi connectivity index (χ1) is 11.1. The molecule has 0 saturated carbocycles. The van der Waals surface area contributed by atoms with E-state index in [1.165, 1.54) is 12.1 Å². The number of aldehydes is 1. The first kappa shape index (κ1) is 16.5. The maximum absolute atomic E-state index is 11.5. The normalized spacial score (nSPS) is 11.6. The Morgan fingerprint density at radius 1 is 1.13 bits per heavy atom. The quantitative estimate of drug-likeness (QED) is 0.796. The minimum Gasteiger partial charge on any atom is -0.497 e. The van der Waals surface area contributed by atoms with E-state index < -0.39 is 5.97 Å². The number of methoxy groups -OCH3 is 2. The van der Waals surface area contributed by atoms with E-state index in [0.29, 0.717) is 17.9 Å². The van der Waals surface area contributed by atoms with Crippen LogP contribution in [0.25, 0.3) is 0 Å². The van der Waals surface area contributed by atoms with Crippen molar-refractivity contribution < 1.29 is 24.2 Å². The van der Waals surface area contributed by atoms with Gasteiger partial charge in [0.25, 0.3) is 0 Å². The second kappa shape index (κ2) is 7.45. The smallest absolute Gasteiger partial charge is 0.335 e. The van der Waals surface area contributed by atoms with Gasteiger partial charge in [-0.3, -0.25) is 0 Å². The lowest BCUT2D eigenvalue weighted by Gasteiger charge is -2.15. The van der Waals surface area contributed by atoms with Crippen molar-refractivity contribution in [1.29, 1.82) is 0 Å². The number of aromatic carboxylic acids is 1. The van der Waals surface area contributed by atoms with E-state index in [1.54, 1.807) is 32.4 Å². The number of hydrogen-bond acceptors (Lipinski definition) is 4. The monoisotopic (exact) mass is 314 g/mol. The molecule has 5 nitrogen and oxygen atoms in total. The van der Waals surface area contributed by atoms with Crippen LogP contribution in [0, 0.1) is 0 Å². The summed E-state index contributed by atoms with van der Waals surface area (Å²) in [6, 6.07) is 11.8. The zero-order valence-electron chi connectivity index (χ0n) is 13.0. The Morgan fingerprint density at radius 2 is 1.83 bits per heavy atom. The van der Waals surface area contributed by atoms with E-state index in [4.69, 9.17) is 14.6 Å². The number of benzene rings is 2. The van der Waals surface area contributed by atoms with Crippen LogP contribution < -0.4 is 9.47 Å². The van der Waals surface area contributed by atoms with Crippen LogP contribution in [0.2, 0.25) is 0 Å². The van der Waals surface area contributed by atoms with E-state index in [2.05, 4.69) is 0 Å². The van der Waals surface area contributed by atoms with Crippen molar-refractivity contribution in [1.82, 2.24) is 0 Å². The van der Waals surface area contributed by atoms with Gasteiger partial charge in [0.15, 0.2) is 0 Å². The maximum Gasteiger partial charge on any atom is 0.335 e. The van der Waals surface area contributed by atoms with Crippen LogP contribution >= 0.6 is 0 Å². The van der Waals surface area contributed by atoms with Crippen LogP contribution in [-0.4, -0.2) is 31.6 Å². The van der Waals surface area contributed by atoms with Gasteiger partial charge in [-0.1, -0.05) is 18.2 Å². The topological polar surface area (TPSA) is 72.8 Å². The summed E-state index contributed by atoms with van der Waals surface area (Å²) in [6.07, 6.45) is 1.32. The molecule has 0 aromatic heterocycles. The molecule has 2 rings (SSSR count). The van der Waals surface area contributed by atoms with Gasteiger partial charge in [0.05, 0.1) is 19.8 Å². The highest BCUT2D eigenvalue weighted by molar-refractivity contribution is 5.87. The maximum atomic E-state index is 11.5. The molecular formula is C18H18O5. The Hall–Kier alpha value is -2.82. The predicted octanol–water partition coefficient (Wildman–Crippen LogP) is 2.93. The van der Waals surface area contributed by atoms with Crippen molar-refractivity contribution in [2.24, 2.45) is 0 Å². The molecule has 1 unspecified atom stereocenters. The van der Waals surface area contributed by atoms with Crippen molar-refractivity contribution in [3.63, 3.8) is 0 Å². The van der Waals surface area contributed by atoms with Crippen molar-refractivity contribution in [3.8, 4) is 11.5 Å². The molecule has 23 heavy (non-hydrogen) atoms. The van der Waals surface area contributed by atoms with Crippen LogP contribution in [0.15, 0.2) is 42.5 Å². The van der Waals surface area contributed by atoms with Crippen LogP contribution in [0.4, 0.5) is 0 Å². The molecule has 0 fully saturated rings. The second-order valence-corrected chi connectivity index (χ2v) is 5.05. The van der Waals surface area contributed by atoms with Crippen LogP contribution in [0.1, 0.15) is 27.4 Å². The molecule has 0 aliphatic heterocycles. The number of carboxylic acid groups (broad SMARTS) is 1. The second-order valence-electron chi connectivity index (χ2n) is 5.05. The Kier molecular flexibility index (Phi) is 5.36. The first-order valence-corrected chi connectivity index (χ1v) is 7.08. The van der Waals surface area contributed by atoms with Crippen molar-refractivity contribution >= 4 is 12.3 Å². The molecule has 0 radical (unpaired) electrons. The van der Waals surface area contributed by atoms with E-state index in [-0.39, 0.29) is 11.5 Å². The molecule has 0 saturated heterocycles. The Balaban J connectivity index is 2.25. The highest BCUT2D eigenvalue weighted by Gasteiger charge is 2.15. The number of rotatable bonds is 7. The number of carbonyl (C=O) groups is 2. The number of carbonyl (C=O) groups excluding carboxylic acids is 1. The van der Waals surface area contributed by atoms with Gasteiger partial charge in [0, 0.05) is 12.0 Å². The van der Waals surface area contributed by atoms with E-state index >= 15 is 0 Å². The largest absolute Gasteiger partial charge is 0.497 e. The summed E-state index contributed by atoms with van der Waals surface area (Å²) >= 11 is 0. The highest BCUT2D eigenvalue weighted by atomic mass is 16.5. The number of carboxylic acids is 1. The van der Waals surface area contributed by atoms with Gasteiger partial charge in [0.2, 0.25) is 0 Å². The molecule has 0 amide bonds. The predicted molar refractivity (Wildman–Crippen MR) is 85.5 cm³/mol. The third-order valence-corrected chi connectivity index (χ3v) is 3.68. The fourth-order valence-electron chi connectivity index (χ4n) is 2.37. The Labute approximate surface area is 134 Å². The number of hydrogen-bond donors (Lipinski definition) is 1. The zero-order valence-corrected chi connectivity index (χ0v) is 13.0. The fourth-order valence-corrected chi connectivity index (χ4v) is 2.37. The molecule has 5 heteroatoms. The summed E-state index contributed by atoms with van der Waals surface area (Å²) in [4.78, 5) is 22.4. The summed E-state index contributed by atoms with van der Waals surface area (Å²) in [7, 11) is 3.14. The van der Waals surface area contributed by atoms with Gasteiger partial charge in [0.1, 0.15) is 17.8 Å². The standard InChI is InChI=1S/C18H18O5/c1-22-16-8-7-14(17(10-16)23-2)9-15(11-19)12-3-5-13(6-4-12)18(20)21/h3-8,10-11,15H,9H2,1-2H3,(H,20,21). The summed E-state index contributed by atoms with van der Waals surface area (Å²) < 4.78 is 10.5. The number of ether oxygens (including phenoxy) is 2. The van der Waals surface area contributed by atoms with Gasteiger partial charge in [-0.15, -0.1) is 0 Å². The van der Waals surface area contributed by atoms with Gasteiger partial charge in [-0.25, -0.2) is 4.79 Å². The molecule has 0 spiro atoms. The lowest BCUT2D eigenvalue weighted by atomic mass is 9.92. The van der Waals surface area contributed by atoms with Crippen LogP contribution in [0.3, 0.4) is 0 Å². The van der Waals surface area contributed by atoms with Crippen molar-refractivity contribution in [2.75, 3.05) is 14.2 Å². The SMILES string of the molecule is COc1ccc(CC(C=O)c2ccc(C(=O)O)cc2)c(OC)c1. The van der Waals surface area contributed by atoms with Gasteiger partial charge in [-0.05, 0) is 35.7 Å². The molecule has 0 heterocycles. The molecule has 120 valence electrons. The van der Waals surface area contributed by atoms with E-state index in [0.717, 1.165) is 17.4 Å². The summed E-state index contributed by atoms with van der Waals surface area (Å²) in [5, 5.41) is 8.93. The van der Waals surface area contributed by atoms with E-state index in [9.17, 15) is 9.59 Å². The first-order valence-electron chi connectivity index (χ1n) is 7.08. The van der Waals surface area contributed by atoms with E-state index in [1.807, 2.05) is 12.1 Å². The Bertz CT molecular complexity index is 691. The molecule has 0 bridgehead atoms. The van der Waals surface area contributed by atoms with Crippen molar-refractivity contribution in [3.05, 3.63) is 59.2 Å². The minimum atomic E-state index is -0.990. The minimum absolute atomic E-state index is 0.195. The summed E-state index contributed by atoms with van der Waals surface area (Å²) in [5.74, 6) is -0.0337. The average Bonchev–Trinajstić information content (AvgIpc) is 2.59. The molecule has 2 aromatic rings. The lowest BCUT2D eigenvalue weighted by Crippen LogP contribution is -2.06. The summed E-state index contributed by atoms with van der Waals surface area (Å²) in [6.45, 7) is 0. The molecule has 0 aliphatic carbocycles. The molecule has 1 atom stereocenters. The third-order valence-electron chi connectivity index (χ3n) is 3.68. The van der Waals surface area contributed by atoms with Gasteiger partial charge < -0.3 is 19.4 Å². The fraction of sp³-hybridized carbons (Fsp3) is 0.222. The summed E-state index contributed by atoms with van der Waals surface area (Å²) in [5.41, 5.74) is 1.84. The van der Waals surface area contributed by atoms with Gasteiger partial charge in [-0.2, -0.15) is 0 Å². The molecule has 0 aliphatic rings. The third kappa shape index (κ3) is 3.88. The zero-order chi connectivity index (χ0) is 16.8.